The molecule has 1 unspecified atom stereocenters. The Bertz CT molecular complexity index is 256. The zero-order valence-electron chi connectivity index (χ0n) is 7.39. The van der Waals surface area contributed by atoms with Gasteiger partial charge in [0.25, 0.3) is 10.1 Å². The van der Waals surface area contributed by atoms with Gasteiger partial charge in [-0.3, -0.25) is 9.35 Å². The molecule has 0 heterocycles. The van der Waals surface area contributed by atoms with Gasteiger partial charge in [0.05, 0.1) is 6.61 Å². The van der Waals surface area contributed by atoms with Crippen molar-refractivity contribution in [1.82, 2.24) is 0 Å². The summed E-state index contributed by atoms with van der Waals surface area (Å²) in [7, 11) is -4.17. The fourth-order valence-electron chi connectivity index (χ4n) is 0.485. The van der Waals surface area contributed by atoms with Crippen LogP contribution in [0.3, 0.4) is 0 Å². The Morgan fingerprint density at radius 3 is 2.38 bits per heavy atom. The van der Waals surface area contributed by atoms with Crippen molar-refractivity contribution in [3.63, 3.8) is 0 Å². The highest BCUT2D eigenvalue weighted by molar-refractivity contribution is 7.86. The zero-order chi connectivity index (χ0) is 10.5. The monoisotopic (exact) mass is 212 g/mol. The minimum absolute atomic E-state index is 0.0325. The number of rotatable bonds is 5. The second-order valence-electron chi connectivity index (χ2n) is 2.29. The summed E-state index contributed by atoms with van der Waals surface area (Å²) in [6.07, 6.45) is 0. The predicted octanol–water partition coefficient (Wildman–Crippen LogP) is -0.200. The van der Waals surface area contributed by atoms with Crippen LogP contribution in [0.25, 0.3) is 0 Å². The van der Waals surface area contributed by atoms with Crippen LogP contribution in [0.2, 0.25) is 0 Å². The number of esters is 1. The first-order chi connectivity index (χ1) is 5.84. The lowest BCUT2D eigenvalue weighted by Crippen LogP contribution is -2.22. The predicted molar refractivity (Wildman–Crippen MR) is 43.6 cm³/mol. The van der Waals surface area contributed by atoms with Crippen LogP contribution in [0.15, 0.2) is 0 Å². The molecule has 13 heavy (non-hydrogen) atoms. The van der Waals surface area contributed by atoms with E-state index >= 15 is 0 Å². The molecule has 0 amide bonds. The SMILES string of the molecule is CC(=O)OCCOC(C)S(=O)(=O)O. The summed E-state index contributed by atoms with van der Waals surface area (Å²) >= 11 is 0. The summed E-state index contributed by atoms with van der Waals surface area (Å²) in [5, 5.41) is 0. The molecule has 0 aliphatic heterocycles. The Hall–Kier alpha value is -0.660. The van der Waals surface area contributed by atoms with Gasteiger partial charge in [0.2, 0.25) is 0 Å². The molecule has 0 spiro atoms. The van der Waals surface area contributed by atoms with Crippen LogP contribution in [0.1, 0.15) is 13.8 Å². The molecule has 0 saturated heterocycles. The van der Waals surface area contributed by atoms with Crippen LogP contribution in [0.4, 0.5) is 0 Å². The molecular formula is C6H12O6S. The third kappa shape index (κ3) is 6.50. The number of hydrogen-bond acceptors (Lipinski definition) is 5. The molecule has 7 heteroatoms. The minimum atomic E-state index is -4.17. The molecule has 0 bridgehead atoms. The maximum atomic E-state index is 10.4. The van der Waals surface area contributed by atoms with Crippen LogP contribution < -0.4 is 0 Å². The molecule has 1 N–H and O–H groups in total. The van der Waals surface area contributed by atoms with Gasteiger partial charge in [-0.2, -0.15) is 8.42 Å². The number of hydrogen-bond donors (Lipinski definition) is 1. The lowest BCUT2D eigenvalue weighted by molar-refractivity contribution is -0.142. The Balaban J connectivity index is 3.61. The van der Waals surface area contributed by atoms with E-state index in [0.29, 0.717) is 0 Å². The van der Waals surface area contributed by atoms with E-state index in [1.807, 2.05) is 0 Å². The fraction of sp³-hybridized carbons (Fsp3) is 0.833. The van der Waals surface area contributed by atoms with E-state index in [9.17, 15) is 13.2 Å². The molecule has 0 radical (unpaired) electrons. The van der Waals surface area contributed by atoms with Gasteiger partial charge < -0.3 is 9.47 Å². The second kappa shape index (κ2) is 5.15. The quantitative estimate of drug-likeness (QED) is 0.385. The summed E-state index contributed by atoms with van der Waals surface area (Å²) in [5.74, 6) is -0.469. The first-order valence-electron chi connectivity index (χ1n) is 3.55. The summed E-state index contributed by atoms with van der Waals surface area (Å²) in [6, 6.07) is 0. The van der Waals surface area contributed by atoms with Crippen molar-refractivity contribution in [2.45, 2.75) is 19.3 Å². The Kier molecular flexibility index (Phi) is 4.89. The topological polar surface area (TPSA) is 89.9 Å². The van der Waals surface area contributed by atoms with Crippen LogP contribution in [0.5, 0.6) is 0 Å². The molecule has 0 saturated carbocycles. The summed E-state index contributed by atoms with van der Waals surface area (Å²) in [4.78, 5) is 10.2. The van der Waals surface area contributed by atoms with Crippen molar-refractivity contribution >= 4 is 16.1 Å². The maximum Gasteiger partial charge on any atom is 0.302 e. The van der Waals surface area contributed by atoms with Gasteiger partial charge in [0, 0.05) is 6.92 Å². The van der Waals surface area contributed by atoms with Crippen molar-refractivity contribution in [1.29, 1.82) is 0 Å². The minimum Gasteiger partial charge on any atom is -0.463 e. The fourth-order valence-corrected chi connectivity index (χ4v) is 0.754. The van der Waals surface area contributed by atoms with E-state index in [2.05, 4.69) is 9.47 Å². The van der Waals surface area contributed by atoms with Gasteiger partial charge in [0.1, 0.15) is 6.61 Å². The second-order valence-corrected chi connectivity index (χ2v) is 3.99. The highest BCUT2D eigenvalue weighted by Gasteiger charge is 2.16. The number of ether oxygens (including phenoxy) is 2. The zero-order valence-corrected chi connectivity index (χ0v) is 8.20. The van der Waals surface area contributed by atoms with Gasteiger partial charge in [-0.15, -0.1) is 0 Å². The molecule has 0 aliphatic carbocycles. The smallest absolute Gasteiger partial charge is 0.302 e. The van der Waals surface area contributed by atoms with Gasteiger partial charge in [0.15, 0.2) is 5.44 Å². The highest BCUT2D eigenvalue weighted by Crippen LogP contribution is 1.98. The highest BCUT2D eigenvalue weighted by atomic mass is 32.2. The normalized spacial score (nSPS) is 13.8. The van der Waals surface area contributed by atoms with Crippen molar-refractivity contribution in [2.75, 3.05) is 13.2 Å². The molecular weight excluding hydrogens is 200 g/mol. The van der Waals surface area contributed by atoms with Crippen LogP contribution in [0, 0.1) is 0 Å². The largest absolute Gasteiger partial charge is 0.463 e. The molecule has 0 rings (SSSR count). The van der Waals surface area contributed by atoms with Gasteiger partial charge in [-0.25, -0.2) is 0 Å². The number of carbonyl (C=O) groups excluding carboxylic acids is 1. The van der Waals surface area contributed by atoms with Crippen molar-refractivity contribution in [2.24, 2.45) is 0 Å². The average molecular weight is 212 g/mol. The lowest BCUT2D eigenvalue weighted by Gasteiger charge is -2.09. The number of carbonyl (C=O) groups is 1. The molecule has 0 aliphatic rings. The van der Waals surface area contributed by atoms with E-state index in [0.717, 1.165) is 0 Å². The van der Waals surface area contributed by atoms with Gasteiger partial charge in [-0.1, -0.05) is 0 Å². The standard InChI is InChI=1S/C6H12O6S/c1-5(7)11-3-4-12-6(2)13(8,9)10/h6H,3-4H2,1-2H3,(H,8,9,10). The lowest BCUT2D eigenvalue weighted by atomic mass is 10.7. The van der Waals surface area contributed by atoms with Crippen LogP contribution in [-0.4, -0.2) is 37.6 Å². The Labute approximate surface area is 76.6 Å². The summed E-state index contributed by atoms with van der Waals surface area (Å²) < 4.78 is 38.3. The molecule has 1 atom stereocenters. The van der Waals surface area contributed by atoms with Crippen LogP contribution >= 0.6 is 0 Å². The van der Waals surface area contributed by atoms with Crippen molar-refractivity contribution in [3.05, 3.63) is 0 Å². The first kappa shape index (κ1) is 12.3. The molecule has 0 aromatic heterocycles. The maximum absolute atomic E-state index is 10.4. The van der Waals surface area contributed by atoms with Gasteiger partial charge >= 0.3 is 5.97 Å². The molecule has 0 aromatic carbocycles. The van der Waals surface area contributed by atoms with Crippen molar-refractivity contribution < 1.29 is 27.2 Å². The third-order valence-corrected chi connectivity index (χ3v) is 2.14. The molecule has 0 fully saturated rings. The molecule has 0 aromatic rings. The van der Waals surface area contributed by atoms with E-state index < -0.39 is 21.5 Å². The summed E-state index contributed by atoms with van der Waals surface area (Å²) in [6.45, 7) is 2.31. The van der Waals surface area contributed by atoms with Crippen molar-refractivity contribution in [3.8, 4) is 0 Å². The van der Waals surface area contributed by atoms with E-state index in [1.54, 1.807) is 0 Å². The summed E-state index contributed by atoms with van der Waals surface area (Å²) in [5.41, 5.74) is -1.30. The van der Waals surface area contributed by atoms with E-state index in [4.69, 9.17) is 4.55 Å². The van der Waals surface area contributed by atoms with E-state index in [1.165, 1.54) is 13.8 Å². The first-order valence-corrected chi connectivity index (χ1v) is 5.05. The Morgan fingerprint density at radius 1 is 1.46 bits per heavy atom. The third-order valence-electron chi connectivity index (χ3n) is 1.16. The van der Waals surface area contributed by atoms with Crippen LogP contribution in [-0.2, 0) is 24.4 Å². The Morgan fingerprint density at radius 2 is 2.00 bits per heavy atom. The average Bonchev–Trinajstić information content (AvgIpc) is 1.95. The molecule has 6 nitrogen and oxygen atoms in total. The van der Waals surface area contributed by atoms with E-state index in [-0.39, 0.29) is 13.2 Å². The van der Waals surface area contributed by atoms with Gasteiger partial charge in [-0.05, 0) is 6.92 Å². The molecule has 78 valence electrons.